The third-order valence-corrected chi connectivity index (χ3v) is 4.91. The van der Waals surface area contributed by atoms with Crippen LogP contribution in [-0.4, -0.2) is 11.8 Å². The van der Waals surface area contributed by atoms with Crippen molar-refractivity contribution in [1.82, 2.24) is 0 Å². The lowest BCUT2D eigenvalue weighted by atomic mass is 9.77. The van der Waals surface area contributed by atoms with E-state index < -0.39 is 0 Å². The zero-order chi connectivity index (χ0) is 17.6. The molecule has 1 heteroatoms. The number of hydrogen-bond donors (Lipinski definition) is 0. The van der Waals surface area contributed by atoms with E-state index in [-0.39, 0.29) is 0 Å². The number of aliphatic imine (C=N–C) groups is 1. The van der Waals surface area contributed by atoms with Gasteiger partial charge in [-0.15, -0.1) is 0 Å². The van der Waals surface area contributed by atoms with Crippen LogP contribution in [0.3, 0.4) is 0 Å². The highest BCUT2D eigenvalue weighted by Gasteiger charge is 2.35. The second kappa shape index (κ2) is 8.46. The fraction of sp³-hybridized carbons (Fsp3) is 0.522. The number of hydrogen-bond acceptors (Lipinski definition) is 1. The smallest absolute Gasteiger partial charge is 0.0885 e. The van der Waals surface area contributed by atoms with Gasteiger partial charge in [-0.05, 0) is 51.4 Å². The zero-order valence-corrected chi connectivity index (χ0v) is 16.0. The average Bonchev–Trinajstić information content (AvgIpc) is 3.23. The minimum Gasteiger partial charge on any atom is -0.282 e. The molecule has 0 aromatic heterocycles. The minimum absolute atomic E-state index is 0.361. The Morgan fingerprint density at radius 1 is 1.29 bits per heavy atom. The predicted molar refractivity (Wildman–Crippen MR) is 108 cm³/mol. The van der Waals surface area contributed by atoms with Gasteiger partial charge in [0, 0.05) is 12.1 Å². The maximum absolute atomic E-state index is 4.72. The summed E-state index contributed by atoms with van der Waals surface area (Å²) in [6.07, 6.45) is 22.4. The van der Waals surface area contributed by atoms with Gasteiger partial charge < -0.3 is 0 Å². The Balaban J connectivity index is 1.75. The van der Waals surface area contributed by atoms with Crippen molar-refractivity contribution in [3.63, 3.8) is 0 Å². The first-order valence-corrected chi connectivity index (χ1v) is 9.28. The molecule has 0 aromatic carbocycles. The monoisotopic (exact) mass is 323 g/mol. The van der Waals surface area contributed by atoms with Gasteiger partial charge >= 0.3 is 0 Å². The first kappa shape index (κ1) is 18.7. The molecule has 0 spiro atoms. The number of rotatable bonds is 7. The Hall–Kier alpha value is -1.63. The van der Waals surface area contributed by atoms with Crippen molar-refractivity contribution in [3.05, 3.63) is 59.8 Å². The fourth-order valence-corrected chi connectivity index (χ4v) is 3.66. The summed E-state index contributed by atoms with van der Waals surface area (Å²) in [5.41, 5.74) is 4.66. The van der Waals surface area contributed by atoms with Crippen molar-refractivity contribution in [2.75, 3.05) is 0 Å². The molecular weight excluding hydrogens is 290 g/mol. The maximum atomic E-state index is 4.72. The zero-order valence-electron chi connectivity index (χ0n) is 16.0. The lowest BCUT2D eigenvalue weighted by molar-refractivity contribution is 0.300. The van der Waals surface area contributed by atoms with E-state index in [1.807, 2.05) is 0 Å². The van der Waals surface area contributed by atoms with Crippen molar-refractivity contribution >= 4 is 5.71 Å². The van der Waals surface area contributed by atoms with Crippen LogP contribution in [0.5, 0.6) is 0 Å². The first-order chi connectivity index (χ1) is 11.4. The molecule has 1 nitrogen and oxygen atoms in total. The van der Waals surface area contributed by atoms with Gasteiger partial charge in [0.2, 0.25) is 0 Å². The van der Waals surface area contributed by atoms with Crippen LogP contribution in [0.1, 0.15) is 60.3 Å². The van der Waals surface area contributed by atoms with Gasteiger partial charge in [-0.2, -0.15) is 0 Å². The molecule has 0 radical (unpaired) electrons. The van der Waals surface area contributed by atoms with Gasteiger partial charge in [0.25, 0.3) is 0 Å². The highest BCUT2D eigenvalue weighted by Crippen LogP contribution is 2.41. The summed E-state index contributed by atoms with van der Waals surface area (Å²) in [5.74, 6) is 0.508. The summed E-state index contributed by atoms with van der Waals surface area (Å²) in [5, 5.41) is 0. The van der Waals surface area contributed by atoms with Gasteiger partial charge in [0.15, 0.2) is 0 Å². The Kier molecular flexibility index (Phi) is 6.60. The van der Waals surface area contributed by atoms with Crippen molar-refractivity contribution < 1.29 is 0 Å². The van der Waals surface area contributed by atoms with Gasteiger partial charge in [-0.1, -0.05) is 73.6 Å². The SMILES string of the molecule is C/C=C/C(C)/C=C\C=C/CC1=NC1CC1(C)CC=C(C)C=C(C)C1. The molecule has 2 rings (SSSR count). The molecule has 0 amide bonds. The van der Waals surface area contributed by atoms with Crippen molar-refractivity contribution in [2.45, 2.75) is 66.3 Å². The summed E-state index contributed by atoms with van der Waals surface area (Å²) in [7, 11) is 0. The minimum atomic E-state index is 0.361. The fourth-order valence-electron chi connectivity index (χ4n) is 3.66. The lowest BCUT2D eigenvalue weighted by Gasteiger charge is -2.27. The van der Waals surface area contributed by atoms with E-state index in [9.17, 15) is 0 Å². The molecule has 0 saturated carbocycles. The van der Waals surface area contributed by atoms with Gasteiger partial charge in [0.05, 0.1) is 6.04 Å². The standard InChI is InChI=1S/C23H33N/c1-6-10-18(2)11-8-7-9-12-21-22(24-21)17-23(5)14-13-19(3)15-20(4)16-23/h6-11,13,15,18,22H,12,14,16-17H2,1-5H3/b9-7-,10-6+,11-8-. The highest BCUT2D eigenvalue weighted by atomic mass is 15.0. The van der Waals surface area contributed by atoms with Crippen LogP contribution in [0.25, 0.3) is 0 Å². The van der Waals surface area contributed by atoms with Crippen LogP contribution in [0, 0.1) is 11.3 Å². The van der Waals surface area contributed by atoms with E-state index in [4.69, 9.17) is 4.99 Å². The highest BCUT2D eigenvalue weighted by molar-refractivity contribution is 6.01. The average molecular weight is 324 g/mol. The van der Waals surface area contributed by atoms with Gasteiger partial charge in [-0.25, -0.2) is 0 Å². The molecule has 3 unspecified atom stereocenters. The van der Waals surface area contributed by atoms with Crippen LogP contribution in [-0.2, 0) is 0 Å². The molecule has 0 fully saturated rings. The van der Waals surface area contributed by atoms with E-state index in [2.05, 4.69) is 83.2 Å². The quantitative estimate of drug-likeness (QED) is 0.369. The van der Waals surface area contributed by atoms with Crippen LogP contribution in [0.4, 0.5) is 0 Å². The van der Waals surface area contributed by atoms with E-state index in [0.29, 0.717) is 17.4 Å². The lowest BCUT2D eigenvalue weighted by Crippen LogP contribution is -2.20. The molecule has 1 aliphatic heterocycles. The Labute approximate surface area is 148 Å². The van der Waals surface area contributed by atoms with Gasteiger partial charge in [-0.3, -0.25) is 4.99 Å². The molecule has 1 heterocycles. The number of nitrogens with zero attached hydrogens (tertiary/aromatic N) is 1. The molecule has 130 valence electrons. The third-order valence-electron chi connectivity index (χ3n) is 4.91. The second-order valence-electron chi connectivity index (χ2n) is 7.87. The van der Waals surface area contributed by atoms with Crippen molar-refractivity contribution in [1.29, 1.82) is 0 Å². The number of allylic oxidation sites excluding steroid dienone is 10. The molecular formula is C23H33N. The predicted octanol–water partition coefficient (Wildman–Crippen LogP) is 6.61. The van der Waals surface area contributed by atoms with E-state index in [1.165, 1.54) is 36.1 Å². The molecule has 3 atom stereocenters. The molecule has 2 aliphatic rings. The molecule has 0 bridgehead atoms. The molecule has 24 heavy (non-hydrogen) atoms. The summed E-state index contributed by atoms with van der Waals surface area (Å²) in [6, 6.07) is 0.491. The molecule has 0 aromatic rings. The largest absolute Gasteiger partial charge is 0.282 e. The second-order valence-corrected chi connectivity index (χ2v) is 7.87. The molecule has 1 aliphatic carbocycles. The van der Waals surface area contributed by atoms with Crippen LogP contribution in [0.15, 0.2) is 64.7 Å². The Bertz CT molecular complexity index is 612. The van der Waals surface area contributed by atoms with E-state index >= 15 is 0 Å². The maximum Gasteiger partial charge on any atom is 0.0885 e. The van der Waals surface area contributed by atoms with E-state index in [1.54, 1.807) is 0 Å². The molecule has 0 saturated heterocycles. The first-order valence-electron chi connectivity index (χ1n) is 9.28. The van der Waals surface area contributed by atoms with Gasteiger partial charge in [0.1, 0.15) is 0 Å². The molecule has 0 N–H and O–H groups in total. The Morgan fingerprint density at radius 3 is 2.83 bits per heavy atom. The Morgan fingerprint density at radius 2 is 2.08 bits per heavy atom. The topological polar surface area (TPSA) is 12.4 Å². The summed E-state index contributed by atoms with van der Waals surface area (Å²) < 4.78 is 0. The van der Waals surface area contributed by atoms with Crippen molar-refractivity contribution in [2.24, 2.45) is 16.3 Å². The van der Waals surface area contributed by atoms with Crippen LogP contribution >= 0.6 is 0 Å². The summed E-state index contributed by atoms with van der Waals surface area (Å²) in [6.45, 7) is 11.2. The van der Waals surface area contributed by atoms with Crippen molar-refractivity contribution in [3.8, 4) is 0 Å². The summed E-state index contributed by atoms with van der Waals surface area (Å²) >= 11 is 0. The van der Waals surface area contributed by atoms with Crippen LogP contribution in [0.2, 0.25) is 0 Å². The van der Waals surface area contributed by atoms with E-state index in [0.717, 1.165) is 6.42 Å². The summed E-state index contributed by atoms with van der Waals surface area (Å²) in [4.78, 5) is 4.72. The third kappa shape index (κ3) is 6.11. The normalized spacial score (nSPS) is 28.9. The van der Waals surface area contributed by atoms with Crippen LogP contribution < -0.4 is 0 Å².